The zero-order valence-electron chi connectivity index (χ0n) is 8.16. The molecule has 0 fully saturated rings. The number of alkyl halides is 7. The molecule has 0 amide bonds. The first kappa shape index (κ1) is 15.8. The molecule has 0 saturated carbocycles. The van der Waals surface area contributed by atoms with Crippen LogP contribution in [0.25, 0.3) is 0 Å². The SMILES string of the molecule is FC(F)(F)Oc1cnc(I)c(CBr)c1C(F)(F)F. The minimum absolute atomic E-state index is 0.0497. The number of aromatic nitrogens is 1. The van der Waals surface area contributed by atoms with Crippen molar-refractivity contribution < 1.29 is 31.1 Å². The highest BCUT2D eigenvalue weighted by Gasteiger charge is 2.42. The lowest BCUT2D eigenvalue weighted by Crippen LogP contribution is -2.22. The Morgan fingerprint density at radius 3 is 2.17 bits per heavy atom. The van der Waals surface area contributed by atoms with Crippen molar-refractivity contribution in [1.82, 2.24) is 4.98 Å². The molecule has 0 aliphatic rings. The maximum atomic E-state index is 12.8. The van der Waals surface area contributed by atoms with Gasteiger partial charge in [0.25, 0.3) is 0 Å². The predicted molar refractivity (Wildman–Crippen MR) is 61.3 cm³/mol. The van der Waals surface area contributed by atoms with Gasteiger partial charge in [-0.2, -0.15) is 13.2 Å². The van der Waals surface area contributed by atoms with Crippen molar-refractivity contribution in [2.45, 2.75) is 17.9 Å². The fraction of sp³-hybridized carbons (Fsp3) is 0.375. The van der Waals surface area contributed by atoms with Gasteiger partial charge < -0.3 is 4.74 Å². The van der Waals surface area contributed by atoms with Crippen LogP contribution in [0.3, 0.4) is 0 Å². The third-order valence-electron chi connectivity index (χ3n) is 1.74. The zero-order chi connectivity index (χ0) is 14.1. The Morgan fingerprint density at radius 1 is 1.22 bits per heavy atom. The zero-order valence-corrected chi connectivity index (χ0v) is 11.9. The van der Waals surface area contributed by atoms with E-state index in [0.717, 1.165) is 0 Å². The molecule has 0 spiro atoms. The van der Waals surface area contributed by atoms with Crippen molar-refractivity contribution >= 4 is 38.5 Å². The Morgan fingerprint density at radius 2 is 1.78 bits per heavy atom. The molecule has 10 heteroatoms. The Balaban J connectivity index is 3.43. The third-order valence-corrected chi connectivity index (χ3v) is 3.23. The topological polar surface area (TPSA) is 22.1 Å². The van der Waals surface area contributed by atoms with Crippen LogP contribution in [0.5, 0.6) is 5.75 Å². The van der Waals surface area contributed by atoms with Gasteiger partial charge in [0.1, 0.15) is 9.26 Å². The molecule has 1 rings (SSSR count). The summed E-state index contributed by atoms with van der Waals surface area (Å²) in [6.45, 7) is 0. The summed E-state index contributed by atoms with van der Waals surface area (Å²) in [6, 6.07) is 0. The number of nitrogens with zero attached hydrogens (tertiary/aromatic N) is 1. The van der Waals surface area contributed by atoms with E-state index >= 15 is 0 Å². The summed E-state index contributed by atoms with van der Waals surface area (Å²) in [7, 11) is 0. The minimum Gasteiger partial charge on any atom is -0.403 e. The summed E-state index contributed by atoms with van der Waals surface area (Å²) in [5, 5.41) is -0.290. The van der Waals surface area contributed by atoms with E-state index in [0.29, 0.717) is 6.20 Å². The van der Waals surface area contributed by atoms with Gasteiger partial charge in [-0.15, -0.1) is 13.2 Å². The predicted octanol–water partition coefficient (Wildman–Crippen LogP) is 4.50. The normalized spacial score (nSPS) is 12.7. The molecule has 18 heavy (non-hydrogen) atoms. The van der Waals surface area contributed by atoms with Crippen molar-refractivity contribution in [3.8, 4) is 5.75 Å². The van der Waals surface area contributed by atoms with E-state index in [-0.39, 0.29) is 9.03 Å². The second-order valence-electron chi connectivity index (χ2n) is 2.95. The van der Waals surface area contributed by atoms with Crippen LogP contribution in [-0.2, 0) is 11.5 Å². The average molecular weight is 450 g/mol. The highest BCUT2D eigenvalue weighted by Crippen LogP contribution is 2.42. The molecule has 0 aliphatic carbocycles. The van der Waals surface area contributed by atoms with Gasteiger partial charge in [0.2, 0.25) is 0 Å². The van der Waals surface area contributed by atoms with Gasteiger partial charge in [0, 0.05) is 10.9 Å². The number of pyridine rings is 1. The molecule has 0 saturated heterocycles. The quantitative estimate of drug-likeness (QED) is 0.287. The van der Waals surface area contributed by atoms with Gasteiger partial charge in [-0.3, -0.25) is 0 Å². The van der Waals surface area contributed by atoms with Crippen LogP contribution in [0, 0.1) is 3.70 Å². The van der Waals surface area contributed by atoms with Gasteiger partial charge in [0.15, 0.2) is 5.75 Å². The molecule has 0 radical (unpaired) electrons. The molecule has 0 unspecified atom stereocenters. The molecule has 102 valence electrons. The molecule has 0 aromatic carbocycles. The maximum Gasteiger partial charge on any atom is 0.573 e. The summed E-state index contributed by atoms with van der Waals surface area (Å²) in [5.74, 6) is -1.36. The van der Waals surface area contributed by atoms with Crippen LogP contribution >= 0.6 is 38.5 Å². The van der Waals surface area contributed by atoms with E-state index in [9.17, 15) is 26.3 Å². The van der Waals surface area contributed by atoms with Crippen LogP contribution in [0.2, 0.25) is 0 Å². The smallest absolute Gasteiger partial charge is 0.403 e. The molecule has 0 aliphatic heterocycles. The molecular formula is C8H3BrF6INO. The molecular weight excluding hydrogens is 447 g/mol. The van der Waals surface area contributed by atoms with Gasteiger partial charge in [-0.1, -0.05) is 15.9 Å². The minimum atomic E-state index is -5.21. The Labute approximate surface area is 119 Å². The average Bonchev–Trinajstić information content (AvgIpc) is 2.16. The van der Waals surface area contributed by atoms with Crippen molar-refractivity contribution in [2.24, 2.45) is 0 Å². The van der Waals surface area contributed by atoms with Crippen LogP contribution in [0.4, 0.5) is 26.3 Å². The third kappa shape index (κ3) is 3.87. The van der Waals surface area contributed by atoms with E-state index < -0.39 is 29.4 Å². The second kappa shape index (κ2) is 5.39. The molecule has 1 aromatic heterocycles. The van der Waals surface area contributed by atoms with Gasteiger partial charge in [0.05, 0.1) is 6.20 Å². The fourth-order valence-corrected chi connectivity index (χ4v) is 2.81. The standard InChI is InChI=1S/C8H3BrF6INO/c9-1-3-5(7(10,11)12)4(2-17-6(3)16)18-8(13,14)15/h2H,1H2. The molecule has 1 aromatic rings. The summed E-state index contributed by atoms with van der Waals surface area (Å²) in [4.78, 5) is 3.44. The van der Waals surface area contributed by atoms with E-state index in [1.165, 1.54) is 22.6 Å². The number of ether oxygens (including phenoxy) is 1. The molecule has 0 atom stereocenters. The second-order valence-corrected chi connectivity index (χ2v) is 4.53. The Bertz CT molecular complexity index is 446. The number of halogens is 8. The molecule has 0 bridgehead atoms. The molecule has 1 heterocycles. The van der Waals surface area contributed by atoms with Crippen molar-refractivity contribution in [1.29, 1.82) is 0 Å². The molecule has 2 nitrogen and oxygen atoms in total. The Hall–Kier alpha value is -0.260. The maximum absolute atomic E-state index is 12.8. The summed E-state index contributed by atoms with van der Waals surface area (Å²) < 4.78 is 77.6. The lowest BCUT2D eigenvalue weighted by Gasteiger charge is -2.18. The van der Waals surface area contributed by atoms with E-state index in [2.05, 4.69) is 25.7 Å². The van der Waals surface area contributed by atoms with Gasteiger partial charge in [-0.25, -0.2) is 4.98 Å². The van der Waals surface area contributed by atoms with Gasteiger partial charge in [-0.05, 0) is 22.6 Å². The summed E-state index contributed by atoms with van der Waals surface area (Å²) in [6.07, 6.45) is -9.77. The number of hydrogen-bond acceptors (Lipinski definition) is 2. The number of hydrogen-bond donors (Lipinski definition) is 0. The van der Waals surface area contributed by atoms with E-state index in [4.69, 9.17) is 0 Å². The van der Waals surface area contributed by atoms with E-state index in [1.54, 1.807) is 0 Å². The Kier molecular flexibility index (Phi) is 4.73. The summed E-state index contributed by atoms with van der Waals surface area (Å²) in [5.41, 5.74) is -1.87. The fourth-order valence-electron chi connectivity index (χ4n) is 1.14. The number of rotatable bonds is 2. The highest BCUT2D eigenvalue weighted by atomic mass is 127. The monoisotopic (exact) mass is 449 g/mol. The summed E-state index contributed by atoms with van der Waals surface area (Å²) >= 11 is 4.29. The lowest BCUT2D eigenvalue weighted by atomic mass is 10.1. The van der Waals surface area contributed by atoms with Crippen molar-refractivity contribution in [3.63, 3.8) is 0 Å². The first-order valence-electron chi connectivity index (χ1n) is 4.12. The first-order valence-corrected chi connectivity index (χ1v) is 6.32. The van der Waals surface area contributed by atoms with Gasteiger partial charge >= 0.3 is 12.5 Å². The lowest BCUT2D eigenvalue weighted by molar-refractivity contribution is -0.276. The first-order chi connectivity index (χ1) is 8.06. The van der Waals surface area contributed by atoms with E-state index in [1.807, 2.05) is 0 Å². The molecule has 0 N–H and O–H groups in total. The van der Waals surface area contributed by atoms with Crippen LogP contribution in [0.15, 0.2) is 6.20 Å². The largest absolute Gasteiger partial charge is 0.573 e. The van der Waals surface area contributed by atoms with Crippen molar-refractivity contribution in [2.75, 3.05) is 0 Å². The highest BCUT2D eigenvalue weighted by molar-refractivity contribution is 14.1. The van der Waals surface area contributed by atoms with Crippen molar-refractivity contribution in [3.05, 3.63) is 21.0 Å². The van der Waals surface area contributed by atoms with Crippen LogP contribution in [0.1, 0.15) is 11.1 Å². The van der Waals surface area contributed by atoms with Crippen LogP contribution in [-0.4, -0.2) is 11.3 Å². The van der Waals surface area contributed by atoms with Crippen LogP contribution < -0.4 is 4.74 Å².